The third-order valence-electron chi connectivity index (χ3n) is 4.11. The molecule has 2 N–H and O–H groups in total. The summed E-state index contributed by atoms with van der Waals surface area (Å²) in [7, 11) is 0. The topological polar surface area (TPSA) is 24.1 Å². The maximum atomic E-state index is 3.79. The highest BCUT2D eigenvalue weighted by Gasteiger charge is 2.37. The molecule has 2 aliphatic rings. The highest BCUT2D eigenvalue weighted by atomic mass is 15.1. The first-order valence-electron chi connectivity index (χ1n) is 6.89. The maximum Gasteiger partial charge on any atom is 0.0144 e. The molecule has 0 aromatic rings. The van der Waals surface area contributed by atoms with Gasteiger partial charge in [0.2, 0.25) is 0 Å². The van der Waals surface area contributed by atoms with E-state index in [1.807, 2.05) is 0 Å². The second kappa shape index (κ2) is 4.30. The van der Waals surface area contributed by atoms with Crippen molar-refractivity contribution in [3.8, 4) is 0 Å². The third-order valence-corrected chi connectivity index (χ3v) is 4.11. The Labute approximate surface area is 101 Å². The van der Waals surface area contributed by atoms with Gasteiger partial charge >= 0.3 is 0 Å². The van der Waals surface area contributed by atoms with Gasteiger partial charge in [0, 0.05) is 17.1 Å². The van der Waals surface area contributed by atoms with Gasteiger partial charge in [0.25, 0.3) is 0 Å². The Balaban J connectivity index is 1.83. The van der Waals surface area contributed by atoms with Crippen LogP contribution in [-0.2, 0) is 0 Å². The third kappa shape index (κ3) is 3.21. The number of nitrogens with one attached hydrogen (secondary N) is 2. The zero-order valence-corrected chi connectivity index (χ0v) is 11.4. The molecule has 2 nitrogen and oxygen atoms in total. The van der Waals surface area contributed by atoms with Crippen LogP contribution in [0.4, 0.5) is 0 Å². The van der Waals surface area contributed by atoms with Crippen molar-refractivity contribution in [1.82, 2.24) is 10.6 Å². The van der Waals surface area contributed by atoms with Crippen LogP contribution in [0.1, 0.15) is 59.8 Å². The van der Waals surface area contributed by atoms with Crippen LogP contribution in [0.25, 0.3) is 0 Å². The van der Waals surface area contributed by atoms with Gasteiger partial charge in [-0.25, -0.2) is 0 Å². The first kappa shape index (κ1) is 12.4. The molecule has 0 amide bonds. The molecule has 0 bridgehead atoms. The maximum absolute atomic E-state index is 3.79. The van der Waals surface area contributed by atoms with E-state index in [1.54, 1.807) is 0 Å². The Morgan fingerprint density at radius 3 is 2.06 bits per heavy atom. The second-order valence-corrected chi connectivity index (χ2v) is 7.20. The molecule has 0 atom stereocenters. The first-order valence-corrected chi connectivity index (χ1v) is 6.89. The summed E-state index contributed by atoms with van der Waals surface area (Å²) in [5.74, 6) is 0.973. The lowest BCUT2D eigenvalue weighted by molar-refractivity contribution is 0.139. The van der Waals surface area contributed by atoms with E-state index < -0.39 is 0 Å². The van der Waals surface area contributed by atoms with E-state index in [-0.39, 0.29) is 11.1 Å². The molecule has 0 aromatic carbocycles. The summed E-state index contributed by atoms with van der Waals surface area (Å²) in [5, 5.41) is 7.53. The molecule has 0 spiro atoms. The zero-order valence-electron chi connectivity index (χ0n) is 11.4. The summed E-state index contributed by atoms with van der Waals surface area (Å²) in [6.07, 6.45) is 6.86. The van der Waals surface area contributed by atoms with Gasteiger partial charge in [-0.05, 0) is 65.8 Å². The van der Waals surface area contributed by atoms with Crippen molar-refractivity contribution in [2.75, 3.05) is 6.54 Å². The Hall–Kier alpha value is -0.0800. The van der Waals surface area contributed by atoms with Crippen molar-refractivity contribution in [2.45, 2.75) is 76.9 Å². The summed E-state index contributed by atoms with van der Waals surface area (Å²) in [6, 6.07) is 0.701. The zero-order chi connectivity index (χ0) is 11.8. The quantitative estimate of drug-likeness (QED) is 0.770. The molecule has 0 unspecified atom stereocenters. The Morgan fingerprint density at radius 2 is 1.62 bits per heavy atom. The minimum absolute atomic E-state index is 0.277. The lowest BCUT2D eigenvalue weighted by Crippen LogP contribution is -2.62. The Morgan fingerprint density at radius 1 is 1.06 bits per heavy atom. The summed E-state index contributed by atoms with van der Waals surface area (Å²) in [5.41, 5.74) is 0.554. The van der Waals surface area contributed by atoms with Gasteiger partial charge < -0.3 is 10.6 Å². The predicted octanol–water partition coefficient (Wildman–Crippen LogP) is 2.69. The molecule has 0 aromatic heterocycles. The lowest BCUT2D eigenvalue weighted by Gasteiger charge is -2.47. The molecule has 94 valence electrons. The number of rotatable bonds is 3. The summed E-state index contributed by atoms with van der Waals surface area (Å²) in [6.45, 7) is 10.5. The van der Waals surface area contributed by atoms with Gasteiger partial charge in [0.05, 0.1) is 0 Å². The molecule has 1 saturated heterocycles. The van der Waals surface area contributed by atoms with Crippen molar-refractivity contribution in [2.24, 2.45) is 5.92 Å². The van der Waals surface area contributed by atoms with Crippen LogP contribution in [0.2, 0.25) is 0 Å². The van der Waals surface area contributed by atoms with Gasteiger partial charge in [0.15, 0.2) is 0 Å². The van der Waals surface area contributed by atoms with Crippen LogP contribution in [-0.4, -0.2) is 23.7 Å². The highest BCUT2D eigenvalue weighted by Crippen LogP contribution is 2.30. The van der Waals surface area contributed by atoms with Crippen molar-refractivity contribution >= 4 is 0 Å². The van der Waals surface area contributed by atoms with E-state index in [0.717, 1.165) is 5.92 Å². The van der Waals surface area contributed by atoms with E-state index in [9.17, 15) is 0 Å². The molecule has 1 saturated carbocycles. The number of piperidine rings is 1. The molecule has 2 fully saturated rings. The van der Waals surface area contributed by atoms with Gasteiger partial charge in [0.1, 0.15) is 0 Å². The minimum atomic E-state index is 0.277. The minimum Gasteiger partial charge on any atom is -0.314 e. The largest absolute Gasteiger partial charge is 0.314 e. The molecule has 16 heavy (non-hydrogen) atoms. The van der Waals surface area contributed by atoms with Crippen molar-refractivity contribution in [1.29, 1.82) is 0 Å². The second-order valence-electron chi connectivity index (χ2n) is 7.20. The van der Waals surface area contributed by atoms with Gasteiger partial charge in [-0.1, -0.05) is 6.42 Å². The van der Waals surface area contributed by atoms with Crippen molar-refractivity contribution < 1.29 is 0 Å². The normalized spacial score (nSPS) is 30.0. The Bertz CT molecular complexity index is 225. The summed E-state index contributed by atoms with van der Waals surface area (Å²) in [4.78, 5) is 0. The van der Waals surface area contributed by atoms with Crippen LogP contribution in [0.3, 0.4) is 0 Å². The van der Waals surface area contributed by atoms with E-state index in [1.165, 1.54) is 38.6 Å². The smallest absolute Gasteiger partial charge is 0.0144 e. The average molecular weight is 224 g/mol. The number of hydrogen-bond donors (Lipinski definition) is 2. The molecular formula is C14H28N2. The molecular weight excluding hydrogens is 196 g/mol. The van der Waals surface area contributed by atoms with Crippen LogP contribution in [0.5, 0.6) is 0 Å². The fraction of sp³-hybridized carbons (Fsp3) is 1.00. The number of hydrogen-bond acceptors (Lipinski definition) is 2. The molecule has 1 aliphatic carbocycles. The Kier molecular flexibility index (Phi) is 3.33. The van der Waals surface area contributed by atoms with Crippen LogP contribution in [0, 0.1) is 5.92 Å². The highest BCUT2D eigenvalue weighted by molar-refractivity contribution is 4.99. The predicted molar refractivity (Wildman–Crippen MR) is 69.7 cm³/mol. The molecule has 2 heteroatoms. The van der Waals surface area contributed by atoms with Crippen molar-refractivity contribution in [3.63, 3.8) is 0 Å². The van der Waals surface area contributed by atoms with Gasteiger partial charge in [-0.2, -0.15) is 0 Å². The average Bonchev–Trinajstić information content (AvgIpc) is 1.94. The van der Waals surface area contributed by atoms with E-state index in [0.29, 0.717) is 6.04 Å². The fourth-order valence-corrected chi connectivity index (χ4v) is 3.50. The van der Waals surface area contributed by atoms with E-state index in [4.69, 9.17) is 0 Å². The molecule has 1 heterocycles. The monoisotopic (exact) mass is 224 g/mol. The van der Waals surface area contributed by atoms with Crippen LogP contribution >= 0.6 is 0 Å². The molecule has 2 rings (SSSR count). The summed E-state index contributed by atoms with van der Waals surface area (Å²) >= 11 is 0. The SMILES string of the molecule is CC1(C)CC(NCC2CCC2)CC(C)(C)N1. The van der Waals surface area contributed by atoms with E-state index >= 15 is 0 Å². The molecule has 0 radical (unpaired) electrons. The van der Waals surface area contributed by atoms with E-state index in [2.05, 4.69) is 38.3 Å². The lowest BCUT2D eigenvalue weighted by atomic mass is 9.79. The fourth-order valence-electron chi connectivity index (χ4n) is 3.50. The van der Waals surface area contributed by atoms with Crippen molar-refractivity contribution in [3.05, 3.63) is 0 Å². The standard InChI is InChI=1S/C14H28N2/c1-13(2)8-12(9-14(3,4)16-13)15-10-11-6-5-7-11/h11-12,15-16H,5-10H2,1-4H3. The summed E-state index contributed by atoms with van der Waals surface area (Å²) < 4.78 is 0. The van der Waals surface area contributed by atoms with Crippen LogP contribution in [0.15, 0.2) is 0 Å². The van der Waals surface area contributed by atoms with Crippen LogP contribution < -0.4 is 10.6 Å². The van der Waals surface area contributed by atoms with Gasteiger partial charge in [-0.15, -0.1) is 0 Å². The first-order chi connectivity index (χ1) is 7.36. The van der Waals surface area contributed by atoms with Gasteiger partial charge in [-0.3, -0.25) is 0 Å². The molecule has 1 aliphatic heterocycles.